The summed E-state index contributed by atoms with van der Waals surface area (Å²) in [4.78, 5) is 0.544. The lowest BCUT2D eigenvalue weighted by molar-refractivity contribution is 0.577. The number of rotatable bonds is 6. The molecule has 0 aliphatic carbocycles. The second-order valence-electron chi connectivity index (χ2n) is 4.47. The SMILES string of the molecule is Cn1cnnc1CNS(=O)(=O)c1ccc(CC(N)=S)cc1. The third kappa shape index (κ3) is 4.06. The van der Waals surface area contributed by atoms with E-state index in [4.69, 9.17) is 18.0 Å². The van der Waals surface area contributed by atoms with E-state index in [2.05, 4.69) is 14.9 Å². The van der Waals surface area contributed by atoms with Gasteiger partial charge in [-0.1, -0.05) is 24.4 Å². The highest BCUT2D eigenvalue weighted by atomic mass is 32.2. The van der Waals surface area contributed by atoms with Gasteiger partial charge in [-0.05, 0) is 17.7 Å². The van der Waals surface area contributed by atoms with Gasteiger partial charge in [0.1, 0.15) is 12.2 Å². The molecule has 7 nitrogen and oxygen atoms in total. The molecule has 0 aliphatic heterocycles. The fraction of sp³-hybridized carbons (Fsp3) is 0.250. The van der Waals surface area contributed by atoms with Crippen LogP contribution in [0.2, 0.25) is 0 Å². The maximum atomic E-state index is 12.2. The number of sulfonamides is 1. The van der Waals surface area contributed by atoms with E-state index in [-0.39, 0.29) is 11.4 Å². The van der Waals surface area contributed by atoms with Crippen LogP contribution < -0.4 is 10.5 Å². The normalized spacial score (nSPS) is 11.5. The van der Waals surface area contributed by atoms with Crippen LogP contribution in [0.4, 0.5) is 0 Å². The van der Waals surface area contributed by atoms with Gasteiger partial charge in [0.05, 0.1) is 16.4 Å². The minimum Gasteiger partial charge on any atom is -0.393 e. The summed E-state index contributed by atoms with van der Waals surface area (Å²) in [6.07, 6.45) is 1.95. The average Bonchev–Trinajstić information content (AvgIpc) is 2.82. The van der Waals surface area contributed by atoms with E-state index in [0.717, 1.165) is 5.56 Å². The van der Waals surface area contributed by atoms with Gasteiger partial charge in [0.25, 0.3) is 0 Å². The van der Waals surface area contributed by atoms with Crippen molar-refractivity contribution >= 4 is 27.2 Å². The van der Waals surface area contributed by atoms with E-state index in [1.165, 1.54) is 18.5 Å². The molecule has 0 saturated heterocycles. The van der Waals surface area contributed by atoms with Gasteiger partial charge in [-0.2, -0.15) is 0 Å². The number of thiocarbonyl (C=S) groups is 1. The number of hydrogen-bond acceptors (Lipinski definition) is 5. The Morgan fingerprint density at radius 2 is 2.05 bits per heavy atom. The second kappa shape index (κ2) is 6.29. The van der Waals surface area contributed by atoms with Gasteiger partial charge in [-0.25, -0.2) is 13.1 Å². The van der Waals surface area contributed by atoms with Crippen molar-refractivity contribution in [1.29, 1.82) is 0 Å². The molecule has 112 valence electrons. The van der Waals surface area contributed by atoms with Crippen molar-refractivity contribution < 1.29 is 8.42 Å². The second-order valence-corrected chi connectivity index (χ2v) is 6.76. The number of nitrogens with zero attached hydrogens (tertiary/aromatic N) is 3. The van der Waals surface area contributed by atoms with Gasteiger partial charge in [0.2, 0.25) is 10.0 Å². The van der Waals surface area contributed by atoms with Crippen molar-refractivity contribution in [1.82, 2.24) is 19.5 Å². The van der Waals surface area contributed by atoms with Crippen LogP contribution in [0.5, 0.6) is 0 Å². The molecule has 21 heavy (non-hydrogen) atoms. The molecule has 0 spiro atoms. The van der Waals surface area contributed by atoms with Gasteiger partial charge in [-0.15, -0.1) is 10.2 Å². The van der Waals surface area contributed by atoms with Gasteiger partial charge in [0.15, 0.2) is 0 Å². The molecule has 0 fully saturated rings. The zero-order chi connectivity index (χ0) is 15.5. The van der Waals surface area contributed by atoms with E-state index >= 15 is 0 Å². The number of nitrogens with one attached hydrogen (secondary N) is 1. The smallest absolute Gasteiger partial charge is 0.240 e. The topological polar surface area (TPSA) is 103 Å². The summed E-state index contributed by atoms with van der Waals surface area (Å²) in [7, 11) is -1.85. The fourth-order valence-corrected chi connectivity index (χ4v) is 2.84. The summed E-state index contributed by atoms with van der Waals surface area (Å²) < 4.78 is 28.4. The van der Waals surface area contributed by atoms with Crippen LogP contribution in [-0.4, -0.2) is 28.2 Å². The van der Waals surface area contributed by atoms with Gasteiger partial charge >= 0.3 is 0 Å². The minimum atomic E-state index is -3.59. The number of hydrogen-bond donors (Lipinski definition) is 2. The van der Waals surface area contributed by atoms with Crippen LogP contribution in [-0.2, 0) is 30.0 Å². The minimum absolute atomic E-state index is 0.0769. The highest BCUT2D eigenvalue weighted by molar-refractivity contribution is 7.89. The molecule has 0 amide bonds. The lowest BCUT2D eigenvalue weighted by Crippen LogP contribution is -2.24. The van der Waals surface area contributed by atoms with E-state index in [1.807, 2.05) is 0 Å². The summed E-state index contributed by atoms with van der Waals surface area (Å²) in [5.74, 6) is 0.531. The molecular weight excluding hydrogens is 310 g/mol. The Balaban J connectivity index is 2.08. The van der Waals surface area contributed by atoms with Crippen molar-refractivity contribution in [2.24, 2.45) is 12.8 Å². The third-order valence-electron chi connectivity index (χ3n) is 2.84. The van der Waals surface area contributed by atoms with Crippen LogP contribution in [0, 0.1) is 0 Å². The van der Waals surface area contributed by atoms with Crippen LogP contribution in [0.15, 0.2) is 35.5 Å². The average molecular weight is 325 g/mol. The molecule has 2 aromatic rings. The summed E-state index contributed by atoms with van der Waals surface area (Å²) in [6, 6.07) is 6.42. The van der Waals surface area contributed by atoms with E-state index in [1.54, 1.807) is 23.7 Å². The number of benzene rings is 1. The van der Waals surface area contributed by atoms with E-state index < -0.39 is 10.0 Å². The highest BCUT2D eigenvalue weighted by Crippen LogP contribution is 2.11. The van der Waals surface area contributed by atoms with Crippen molar-refractivity contribution in [3.63, 3.8) is 0 Å². The first-order chi connectivity index (χ1) is 9.88. The maximum Gasteiger partial charge on any atom is 0.240 e. The van der Waals surface area contributed by atoms with Crippen molar-refractivity contribution in [2.75, 3.05) is 0 Å². The number of aryl methyl sites for hydroxylation is 1. The molecular formula is C12H15N5O2S2. The molecule has 1 heterocycles. The Morgan fingerprint density at radius 3 is 2.57 bits per heavy atom. The Bertz CT molecular complexity index is 737. The summed E-state index contributed by atoms with van der Waals surface area (Å²) in [5, 5.41) is 7.51. The first-order valence-corrected chi connectivity index (χ1v) is 7.97. The van der Waals surface area contributed by atoms with Crippen molar-refractivity contribution in [2.45, 2.75) is 17.9 Å². The number of nitrogens with two attached hydrogens (primary N) is 1. The van der Waals surface area contributed by atoms with Gasteiger partial charge in [0, 0.05) is 13.5 Å². The standard InChI is InChI=1S/C12H15N5O2S2/c1-17-8-14-16-12(17)7-15-21(18,19)10-4-2-9(3-5-10)6-11(13)20/h2-5,8,15H,6-7H2,1H3,(H2,13,20). The molecule has 3 N–H and O–H groups in total. The van der Waals surface area contributed by atoms with Crippen LogP contribution in [0.3, 0.4) is 0 Å². The fourth-order valence-electron chi connectivity index (χ4n) is 1.70. The molecule has 0 unspecified atom stereocenters. The molecule has 0 bridgehead atoms. The summed E-state index contributed by atoms with van der Waals surface area (Å²) >= 11 is 4.82. The first-order valence-electron chi connectivity index (χ1n) is 6.08. The van der Waals surface area contributed by atoms with Gasteiger partial charge < -0.3 is 10.3 Å². The van der Waals surface area contributed by atoms with Crippen molar-refractivity contribution in [3.05, 3.63) is 42.0 Å². The Kier molecular flexibility index (Phi) is 4.66. The molecule has 0 atom stereocenters. The molecule has 1 aromatic heterocycles. The predicted molar refractivity (Wildman–Crippen MR) is 82.0 cm³/mol. The summed E-state index contributed by atoms with van der Waals surface area (Å²) in [6.45, 7) is 0.0769. The first kappa shape index (κ1) is 15.5. The monoisotopic (exact) mass is 325 g/mol. The Morgan fingerprint density at radius 1 is 1.38 bits per heavy atom. The van der Waals surface area contributed by atoms with Crippen molar-refractivity contribution in [3.8, 4) is 0 Å². The predicted octanol–water partition coefficient (Wildman–Crippen LogP) is 0.122. The van der Waals surface area contributed by atoms with E-state index in [9.17, 15) is 8.42 Å². The van der Waals surface area contributed by atoms with Crippen LogP contribution in [0.1, 0.15) is 11.4 Å². The number of aromatic nitrogens is 3. The Labute approximate surface area is 128 Å². The lowest BCUT2D eigenvalue weighted by Gasteiger charge is -2.07. The molecule has 1 aromatic carbocycles. The highest BCUT2D eigenvalue weighted by Gasteiger charge is 2.14. The lowest BCUT2D eigenvalue weighted by atomic mass is 10.1. The molecule has 0 radical (unpaired) electrons. The zero-order valence-corrected chi connectivity index (χ0v) is 13.0. The van der Waals surface area contributed by atoms with Gasteiger partial charge in [-0.3, -0.25) is 0 Å². The third-order valence-corrected chi connectivity index (χ3v) is 4.40. The van der Waals surface area contributed by atoms with E-state index in [0.29, 0.717) is 17.2 Å². The maximum absolute atomic E-state index is 12.2. The zero-order valence-electron chi connectivity index (χ0n) is 11.4. The molecule has 0 saturated carbocycles. The largest absolute Gasteiger partial charge is 0.393 e. The quantitative estimate of drug-likeness (QED) is 0.731. The van der Waals surface area contributed by atoms with Crippen LogP contribution in [0.25, 0.3) is 0 Å². The molecule has 0 aliphatic rings. The Hall–Kier alpha value is -1.84. The summed E-state index contributed by atoms with van der Waals surface area (Å²) in [5.41, 5.74) is 6.32. The molecule has 9 heteroatoms. The van der Waals surface area contributed by atoms with Crippen LogP contribution >= 0.6 is 12.2 Å². The molecule has 2 rings (SSSR count).